The van der Waals surface area contributed by atoms with Gasteiger partial charge in [-0.2, -0.15) is 0 Å². The Morgan fingerprint density at radius 2 is 1.68 bits per heavy atom. The largest absolute Gasteiger partial charge is 0.465 e. The number of hydrogen-bond donors (Lipinski definition) is 4. The highest BCUT2D eigenvalue weighted by Crippen LogP contribution is 2.61. The summed E-state index contributed by atoms with van der Waals surface area (Å²) in [6.45, 7) is 3.21. The number of pyridine rings is 1. The standard InChI is InChI=1S/C27H36N4O3/c1-17-4-6-22-21(5-7-23(30-22)28-8-2-3-9-29-26(33)34)25(17)31-24(32)16-27-13-18-10-19(14-27)12-20(11-18)15-27/h4-7,18-20,29H,2-3,8-16H2,1H3,(H,28,30)(H,31,32)(H,33,34). The third kappa shape index (κ3) is 4.98. The van der Waals surface area contributed by atoms with Crippen LogP contribution in [0.25, 0.3) is 10.9 Å². The molecular weight excluding hydrogens is 428 g/mol. The zero-order valence-electron chi connectivity index (χ0n) is 20.0. The molecule has 0 unspecified atom stereocenters. The Bertz CT molecular complexity index is 1050. The molecule has 4 aliphatic carbocycles. The molecule has 182 valence electrons. The molecule has 1 aromatic carbocycles. The fraction of sp³-hybridized carbons (Fsp3) is 0.593. The summed E-state index contributed by atoms with van der Waals surface area (Å²) < 4.78 is 0. The second-order valence-corrected chi connectivity index (χ2v) is 11.0. The van der Waals surface area contributed by atoms with Crippen molar-refractivity contribution in [3.05, 3.63) is 29.8 Å². The van der Waals surface area contributed by atoms with Crippen LogP contribution < -0.4 is 16.0 Å². The first-order chi connectivity index (χ1) is 16.4. The van der Waals surface area contributed by atoms with Crippen LogP contribution in [0.3, 0.4) is 0 Å². The number of carboxylic acid groups (broad SMARTS) is 1. The van der Waals surface area contributed by atoms with E-state index >= 15 is 0 Å². The van der Waals surface area contributed by atoms with Crippen LogP contribution in [0.1, 0.15) is 63.4 Å². The van der Waals surface area contributed by atoms with E-state index < -0.39 is 6.09 Å². The lowest BCUT2D eigenvalue weighted by Crippen LogP contribution is -2.47. The van der Waals surface area contributed by atoms with Crippen molar-refractivity contribution in [2.24, 2.45) is 23.2 Å². The fourth-order valence-corrected chi connectivity index (χ4v) is 7.27. The van der Waals surface area contributed by atoms with Gasteiger partial charge >= 0.3 is 6.09 Å². The van der Waals surface area contributed by atoms with E-state index in [9.17, 15) is 9.59 Å². The molecule has 4 aliphatic rings. The minimum atomic E-state index is -0.986. The van der Waals surface area contributed by atoms with Gasteiger partial charge in [0.15, 0.2) is 0 Å². The molecule has 34 heavy (non-hydrogen) atoms. The molecule has 0 atom stereocenters. The summed E-state index contributed by atoms with van der Waals surface area (Å²) in [5.74, 6) is 3.48. The molecule has 7 nitrogen and oxygen atoms in total. The van der Waals surface area contributed by atoms with Gasteiger partial charge in [0.1, 0.15) is 5.82 Å². The number of carbonyl (C=O) groups is 2. The summed E-state index contributed by atoms with van der Waals surface area (Å²) in [7, 11) is 0. The van der Waals surface area contributed by atoms with Gasteiger partial charge in [-0.25, -0.2) is 9.78 Å². The van der Waals surface area contributed by atoms with E-state index in [4.69, 9.17) is 10.1 Å². The second kappa shape index (κ2) is 9.43. The number of aryl methyl sites for hydroxylation is 1. The quantitative estimate of drug-likeness (QED) is 0.365. The minimum Gasteiger partial charge on any atom is -0.465 e. The third-order valence-corrected chi connectivity index (χ3v) is 8.23. The van der Waals surface area contributed by atoms with Crippen molar-refractivity contribution in [1.82, 2.24) is 10.3 Å². The van der Waals surface area contributed by atoms with Gasteiger partial charge in [0.05, 0.1) is 11.2 Å². The summed E-state index contributed by atoms with van der Waals surface area (Å²) in [4.78, 5) is 28.5. The normalized spacial score (nSPS) is 27.0. The number of unbranched alkanes of at least 4 members (excludes halogenated alkanes) is 1. The lowest BCUT2D eigenvalue weighted by atomic mass is 9.49. The molecule has 4 bridgehead atoms. The lowest BCUT2D eigenvalue weighted by molar-refractivity contribution is -0.124. The SMILES string of the molecule is Cc1ccc2nc(NCCCCNC(=O)O)ccc2c1NC(=O)CC12CC3CC(CC(C3)C1)C2. The van der Waals surface area contributed by atoms with Crippen molar-refractivity contribution in [2.75, 3.05) is 23.7 Å². The maximum absolute atomic E-state index is 13.2. The molecular formula is C27H36N4O3. The van der Waals surface area contributed by atoms with Crippen molar-refractivity contribution in [1.29, 1.82) is 0 Å². The number of nitrogens with one attached hydrogen (secondary N) is 3. The molecule has 0 saturated heterocycles. The highest BCUT2D eigenvalue weighted by molar-refractivity contribution is 6.02. The summed E-state index contributed by atoms with van der Waals surface area (Å²) in [6, 6.07) is 8.01. The number of carbonyl (C=O) groups excluding carboxylic acids is 1. The van der Waals surface area contributed by atoms with Gasteiger partial charge in [0, 0.05) is 24.9 Å². The van der Waals surface area contributed by atoms with Gasteiger partial charge in [0.2, 0.25) is 5.91 Å². The molecule has 2 aromatic rings. The summed E-state index contributed by atoms with van der Waals surface area (Å²) in [5.41, 5.74) is 3.02. The second-order valence-electron chi connectivity index (χ2n) is 11.0. The first-order valence-electron chi connectivity index (χ1n) is 12.8. The van der Waals surface area contributed by atoms with Crippen molar-refractivity contribution in [3.8, 4) is 0 Å². The number of fused-ring (bicyclic) bond motifs is 1. The van der Waals surface area contributed by atoms with Crippen LogP contribution in [0.15, 0.2) is 24.3 Å². The van der Waals surface area contributed by atoms with Crippen molar-refractivity contribution < 1.29 is 14.7 Å². The summed E-state index contributed by atoms with van der Waals surface area (Å²) in [6.07, 6.45) is 9.18. The van der Waals surface area contributed by atoms with E-state index in [2.05, 4.69) is 16.0 Å². The van der Waals surface area contributed by atoms with Crippen molar-refractivity contribution in [3.63, 3.8) is 0 Å². The number of nitrogens with zero attached hydrogens (tertiary/aromatic N) is 1. The van der Waals surface area contributed by atoms with Gasteiger partial charge < -0.3 is 21.1 Å². The van der Waals surface area contributed by atoms with Crippen LogP contribution in [0.4, 0.5) is 16.3 Å². The highest BCUT2D eigenvalue weighted by atomic mass is 16.4. The molecule has 7 heteroatoms. The maximum Gasteiger partial charge on any atom is 0.404 e. The van der Waals surface area contributed by atoms with E-state index in [0.29, 0.717) is 13.0 Å². The van der Waals surface area contributed by atoms with E-state index in [1.807, 2.05) is 31.2 Å². The number of rotatable bonds is 9. The number of aromatic nitrogens is 1. The van der Waals surface area contributed by atoms with Crippen LogP contribution in [0.2, 0.25) is 0 Å². The first-order valence-corrected chi connectivity index (χ1v) is 12.8. The van der Waals surface area contributed by atoms with E-state index in [-0.39, 0.29) is 11.3 Å². The van der Waals surface area contributed by atoms with Crippen molar-refractivity contribution >= 4 is 34.4 Å². The number of anilines is 2. The average molecular weight is 465 g/mol. The smallest absolute Gasteiger partial charge is 0.404 e. The van der Waals surface area contributed by atoms with Crippen LogP contribution in [0.5, 0.6) is 0 Å². The van der Waals surface area contributed by atoms with Crippen LogP contribution in [0, 0.1) is 30.1 Å². The average Bonchev–Trinajstić information content (AvgIpc) is 2.76. The maximum atomic E-state index is 13.2. The predicted molar refractivity (Wildman–Crippen MR) is 134 cm³/mol. The highest BCUT2D eigenvalue weighted by Gasteiger charge is 2.51. The minimum absolute atomic E-state index is 0.148. The predicted octanol–water partition coefficient (Wildman–Crippen LogP) is 5.55. The van der Waals surface area contributed by atoms with E-state index in [0.717, 1.165) is 65.1 Å². The van der Waals surface area contributed by atoms with Gasteiger partial charge in [-0.3, -0.25) is 4.79 Å². The fourth-order valence-electron chi connectivity index (χ4n) is 7.27. The molecule has 0 aliphatic heterocycles. The van der Waals surface area contributed by atoms with Crippen molar-refractivity contribution in [2.45, 2.75) is 64.7 Å². The van der Waals surface area contributed by atoms with Crippen LogP contribution in [-0.2, 0) is 4.79 Å². The molecule has 0 radical (unpaired) electrons. The molecule has 1 heterocycles. The Kier molecular flexibility index (Phi) is 6.36. The molecule has 4 N–H and O–H groups in total. The summed E-state index contributed by atoms with van der Waals surface area (Å²) in [5, 5.41) is 18.5. The van der Waals surface area contributed by atoms with Gasteiger partial charge in [-0.15, -0.1) is 0 Å². The van der Waals surface area contributed by atoms with Crippen LogP contribution in [-0.4, -0.2) is 35.2 Å². The Balaban J connectivity index is 1.22. The zero-order chi connectivity index (χ0) is 23.7. The van der Waals surface area contributed by atoms with Gasteiger partial charge in [-0.05, 0) is 105 Å². The van der Waals surface area contributed by atoms with Crippen LogP contribution >= 0.6 is 0 Å². The third-order valence-electron chi connectivity index (χ3n) is 8.23. The number of hydrogen-bond acceptors (Lipinski definition) is 4. The molecule has 0 spiro atoms. The Morgan fingerprint density at radius 1 is 1.00 bits per heavy atom. The van der Waals surface area contributed by atoms with E-state index in [1.165, 1.54) is 38.5 Å². The zero-order valence-corrected chi connectivity index (χ0v) is 20.0. The molecule has 2 amide bonds. The Hall–Kier alpha value is -2.83. The molecule has 4 saturated carbocycles. The number of amides is 2. The van der Waals surface area contributed by atoms with Gasteiger partial charge in [-0.1, -0.05) is 6.07 Å². The molecule has 4 fully saturated rings. The number of benzene rings is 1. The molecule has 6 rings (SSSR count). The lowest BCUT2D eigenvalue weighted by Gasteiger charge is -2.56. The molecule has 1 aromatic heterocycles. The Labute approximate surface area is 201 Å². The van der Waals surface area contributed by atoms with E-state index in [1.54, 1.807) is 0 Å². The topological polar surface area (TPSA) is 103 Å². The van der Waals surface area contributed by atoms with Gasteiger partial charge in [0.25, 0.3) is 0 Å². The monoisotopic (exact) mass is 464 g/mol. The Morgan fingerprint density at radius 3 is 2.35 bits per heavy atom. The summed E-state index contributed by atoms with van der Waals surface area (Å²) >= 11 is 0. The first kappa shape index (κ1) is 22.9.